The van der Waals surface area contributed by atoms with E-state index in [9.17, 15) is 4.79 Å². The number of methoxy groups -OCH3 is 1. The summed E-state index contributed by atoms with van der Waals surface area (Å²) >= 11 is 1.52. The van der Waals surface area contributed by atoms with E-state index in [1.807, 2.05) is 36.4 Å². The Balaban J connectivity index is 1.74. The topological polar surface area (TPSA) is 38.3 Å². The number of benzene rings is 1. The molecule has 116 valence electrons. The van der Waals surface area contributed by atoms with Crippen LogP contribution in [0.2, 0.25) is 0 Å². The molecular weight excluding hydrogens is 294 g/mol. The first-order valence-corrected chi connectivity index (χ1v) is 8.63. The fraction of sp³-hybridized carbons (Fsp3) is 0.389. The Labute approximate surface area is 135 Å². The Morgan fingerprint density at radius 3 is 2.68 bits per heavy atom. The number of hydrogen-bond donors (Lipinski definition) is 1. The molecule has 0 atom stereocenters. The van der Waals surface area contributed by atoms with Gasteiger partial charge < -0.3 is 10.1 Å². The number of thiophene rings is 1. The van der Waals surface area contributed by atoms with E-state index < -0.39 is 0 Å². The van der Waals surface area contributed by atoms with Gasteiger partial charge in [-0.25, -0.2) is 0 Å². The van der Waals surface area contributed by atoms with E-state index in [1.54, 1.807) is 7.11 Å². The van der Waals surface area contributed by atoms with E-state index >= 15 is 0 Å². The van der Waals surface area contributed by atoms with E-state index in [0.717, 1.165) is 33.9 Å². The zero-order valence-corrected chi connectivity index (χ0v) is 13.6. The average molecular weight is 315 g/mol. The molecule has 3 nitrogen and oxygen atoms in total. The van der Waals surface area contributed by atoms with E-state index in [2.05, 4.69) is 5.32 Å². The van der Waals surface area contributed by atoms with Crippen molar-refractivity contribution in [3.8, 4) is 16.2 Å². The number of ether oxygens (including phenoxy) is 1. The van der Waals surface area contributed by atoms with Crippen molar-refractivity contribution in [3.63, 3.8) is 0 Å². The fourth-order valence-electron chi connectivity index (χ4n) is 2.96. The molecule has 2 aromatic rings. The van der Waals surface area contributed by atoms with Gasteiger partial charge in [0, 0.05) is 16.5 Å². The highest BCUT2D eigenvalue weighted by atomic mass is 32.1. The zero-order chi connectivity index (χ0) is 15.4. The number of amides is 1. The molecule has 0 bridgehead atoms. The summed E-state index contributed by atoms with van der Waals surface area (Å²) in [6.07, 6.45) is 5.96. The van der Waals surface area contributed by atoms with Gasteiger partial charge in [0.05, 0.1) is 12.0 Å². The highest BCUT2D eigenvalue weighted by Gasteiger charge is 2.18. The Morgan fingerprint density at radius 1 is 1.14 bits per heavy atom. The highest BCUT2D eigenvalue weighted by molar-refractivity contribution is 7.17. The van der Waals surface area contributed by atoms with Crippen molar-refractivity contribution in [2.75, 3.05) is 7.11 Å². The molecule has 3 rings (SSSR count). The summed E-state index contributed by atoms with van der Waals surface area (Å²) in [4.78, 5) is 14.2. The van der Waals surface area contributed by atoms with Crippen LogP contribution in [0.3, 0.4) is 0 Å². The average Bonchev–Trinajstić information content (AvgIpc) is 3.05. The molecule has 1 N–H and O–H groups in total. The van der Waals surface area contributed by atoms with Gasteiger partial charge in [0.1, 0.15) is 5.75 Å². The third kappa shape index (κ3) is 3.33. The predicted octanol–water partition coefficient (Wildman–Crippen LogP) is 4.49. The van der Waals surface area contributed by atoms with Crippen LogP contribution in [0.25, 0.3) is 10.4 Å². The van der Waals surface area contributed by atoms with Gasteiger partial charge in [0.2, 0.25) is 0 Å². The maximum absolute atomic E-state index is 12.4. The first-order chi connectivity index (χ1) is 10.8. The Hall–Kier alpha value is -1.81. The normalized spacial score (nSPS) is 15.5. The van der Waals surface area contributed by atoms with Crippen LogP contribution >= 0.6 is 11.3 Å². The Kier molecular flexibility index (Phi) is 4.78. The van der Waals surface area contributed by atoms with E-state index in [1.165, 1.54) is 30.6 Å². The maximum atomic E-state index is 12.4. The molecule has 0 unspecified atom stereocenters. The predicted molar refractivity (Wildman–Crippen MR) is 90.6 cm³/mol. The van der Waals surface area contributed by atoms with Crippen molar-refractivity contribution >= 4 is 17.2 Å². The highest BCUT2D eigenvalue weighted by Crippen LogP contribution is 2.34. The van der Waals surface area contributed by atoms with E-state index in [-0.39, 0.29) is 5.91 Å². The number of carbonyl (C=O) groups is 1. The molecule has 1 aliphatic carbocycles. The van der Waals surface area contributed by atoms with Crippen molar-refractivity contribution < 1.29 is 9.53 Å². The minimum absolute atomic E-state index is 0.0537. The van der Waals surface area contributed by atoms with Gasteiger partial charge in [0.25, 0.3) is 5.91 Å². The number of para-hydroxylation sites is 1. The summed E-state index contributed by atoms with van der Waals surface area (Å²) in [6, 6.07) is 12.2. The molecule has 0 aliphatic heterocycles. The van der Waals surface area contributed by atoms with Gasteiger partial charge in [-0.15, -0.1) is 11.3 Å². The van der Waals surface area contributed by atoms with E-state index in [0.29, 0.717) is 6.04 Å². The molecule has 1 heterocycles. The smallest absolute Gasteiger partial charge is 0.261 e. The Morgan fingerprint density at radius 2 is 1.91 bits per heavy atom. The van der Waals surface area contributed by atoms with Gasteiger partial charge in [-0.2, -0.15) is 0 Å². The van der Waals surface area contributed by atoms with Crippen molar-refractivity contribution in [1.82, 2.24) is 5.32 Å². The molecule has 1 aromatic heterocycles. The summed E-state index contributed by atoms with van der Waals surface area (Å²) in [6.45, 7) is 0. The van der Waals surface area contributed by atoms with Crippen LogP contribution in [0, 0.1) is 0 Å². The monoisotopic (exact) mass is 315 g/mol. The lowest BCUT2D eigenvalue weighted by Crippen LogP contribution is -2.35. The molecular formula is C18H21NO2S. The van der Waals surface area contributed by atoms with Crippen LogP contribution < -0.4 is 10.1 Å². The SMILES string of the molecule is COc1ccccc1-c1ccc(C(=O)NC2CCCCC2)s1. The van der Waals surface area contributed by atoms with Crippen molar-refractivity contribution in [2.24, 2.45) is 0 Å². The lowest BCUT2D eigenvalue weighted by Gasteiger charge is -2.22. The molecule has 1 fully saturated rings. The lowest BCUT2D eigenvalue weighted by molar-refractivity contribution is 0.0932. The summed E-state index contributed by atoms with van der Waals surface area (Å²) in [5, 5.41) is 3.17. The quantitative estimate of drug-likeness (QED) is 0.903. The van der Waals surface area contributed by atoms with Crippen molar-refractivity contribution in [2.45, 2.75) is 38.1 Å². The van der Waals surface area contributed by atoms with Crippen LogP contribution in [0.5, 0.6) is 5.75 Å². The van der Waals surface area contributed by atoms with Crippen molar-refractivity contribution in [1.29, 1.82) is 0 Å². The summed E-state index contributed by atoms with van der Waals surface area (Å²) in [5.41, 5.74) is 1.03. The number of carbonyl (C=O) groups excluding carboxylic acids is 1. The third-order valence-electron chi connectivity index (χ3n) is 4.14. The second-order valence-electron chi connectivity index (χ2n) is 5.67. The fourth-order valence-corrected chi connectivity index (χ4v) is 3.90. The van der Waals surface area contributed by atoms with Crippen LogP contribution in [-0.2, 0) is 0 Å². The molecule has 1 aromatic carbocycles. The molecule has 0 radical (unpaired) electrons. The van der Waals surface area contributed by atoms with Gasteiger partial charge in [0.15, 0.2) is 0 Å². The molecule has 4 heteroatoms. The minimum Gasteiger partial charge on any atom is -0.496 e. The van der Waals surface area contributed by atoms with Crippen LogP contribution in [0.4, 0.5) is 0 Å². The largest absolute Gasteiger partial charge is 0.496 e. The lowest BCUT2D eigenvalue weighted by atomic mass is 9.95. The number of nitrogens with one attached hydrogen (secondary N) is 1. The summed E-state index contributed by atoms with van der Waals surface area (Å²) in [7, 11) is 1.67. The number of rotatable bonds is 4. The van der Waals surface area contributed by atoms with Gasteiger partial charge in [-0.05, 0) is 37.1 Å². The third-order valence-corrected chi connectivity index (χ3v) is 5.26. The molecule has 1 amide bonds. The minimum atomic E-state index is 0.0537. The van der Waals surface area contributed by atoms with E-state index in [4.69, 9.17) is 4.74 Å². The molecule has 0 saturated heterocycles. The molecule has 0 spiro atoms. The van der Waals surface area contributed by atoms with Crippen LogP contribution in [-0.4, -0.2) is 19.1 Å². The second kappa shape index (κ2) is 6.97. The second-order valence-corrected chi connectivity index (χ2v) is 6.76. The summed E-state index contributed by atoms with van der Waals surface area (Å²) in [5.74, 6) is 0.890. The number of hydrogen-bond acceptors (Lipinski definition) is 3. The van der Waals surface area contributed by atoms with Crippen molar-refractivity contribution in [3.05, 3.63) is 41.3 Å². The molecule has 1 aliphatic rings. The van der Waals surface area contributed by atoms with Gasteiger partial charge in [-0.1, -0.05) is 31.4 Å². The molecule has 1 saturated carbocycles. The summed E-state index contributed by atoms with van der Waals surface area (Å²) < 4.78 is 5.40. The van der Waals surface area contributed by atoms with Crippen LogP contribution in [0.1, 0.15) is 41.8 Å². The first-order valence-electron chi connectivity index (χ1n) is 7.82. The van der Waals surface area contributed by atoms with Gasteiger partial charge in [-0.3, -0.25) is 4.79 Å². The molecule has 22 heavy (non-hydrogen) atoms. The first kappa shape index (κ1) is 15.1. The Bertz CT molecular complexity index is 644. The standard InChI is InChI=1S/C18H21NO2S/c1-21-15-10-6-5-9-14(15)16-11-12-17(22-16)18(20)19-13-7-3-2-4-8-13/h5-6,9-13H,2-4,7-8H2,1H3,(H,19,20). The zero-order valence-electron chi connectivity index (χ0n) is 12.8. The van der Waals surface area contributed by atoms with Gasteiger partial charge >= 0.3 is 0 Å². The van der Waals surface area contributed by atoms with Crippen LogP contribution in [0.15, 0.2) is 36.4 Å². The maximum Gasteiger partial charge on any atom is 0.261 e.